The zero-order valence-corrected chi connectivity index (χ0v) is 13.2. The summed E-state index contributed by atoms with van der Waals surface area (Å²) in [4.78, 5) is 0.209. The fraction of sp³-hybridized carbons (Fsp3) is 0.250. The minimum Gasteiger partial charge on any atom is -0.398 e. The summed E-state index contributed by atoms with van der Waals surface area (Å²) in [6.07, 6.45) is 0. The van der Waals surface area contributed by atoms with Gasteiger partial charge in [0.2, 0.25) is 0 Å². The van der Waals surface area contributed by atoms with Crippen molar-refractivity contribution in [1.29, 1.82) is 0 Å². The van der Waals surface area contributed by atoms with Crippen LogP contribution in [0.15, 0.2) is 47.4 Å². The predicted molar refractivity (Wildman–Crippen MR) is 86.9 cm³/mol. The average molecular weight is 304 g/mol. The summed E-state index contributed by atoms with van der Waals surface area (Å²) in [5, 5.41) is 0. The molecule has 0 atom stereocenters. The van der Waals surface area contributed by atoms with Crippen molar-refractivity contribution in [3.05, 3.63) is 53.6 Å². The molecule has 2 aromatic carbocycles. The maximum Gasteiger partial charge on any atom is 0.262 e. The first-order chi connectivity index (χ1) is 9.83. The van der Waals surface area contributed by atoms with Crippen LogP contribution in [0.2, 0.25) is 0 Å². The minimum atomic E-state index is -3.65. The molecule has 5 heteroatoms. The molecule has 0 heterocycles. The van der Waals surface area contributed by atoms with Gasteiger partial charge in [-0.15, -0.1) is 0 Å². The number of nitrogens with one attached hydrogen (secondary N) is 1. The Balaban J connectivity index is 2.46. The van der Waals surface area contributed by atoms with Crippen LogP contribution < -0.4 is 10.5 Å². The number of benzene rings is 2. The Morgan fingerprint density at radius 1 is 1.05 bits per heavy atom. The van der Waals surface area contributed by atoms with E-state index in [1.54, 1.807) is 31.2 Å². The van der Waals surface area contributed by atoms with E-state index >= 15 is 0 Å². The van der Waals surface area contributed by atoms with Gasteiger partial charge >= 0.3 is 0 Å². The number of sulfonamides is 1. The molecule has 0 saturated heterocycles. The monoisotopic (exact) mass is 304 g/mol. The van der Waals surface area contributed by atoms with Crippen LogP contribution in [0.1, 0.15) is 30.9 Å². The van der Waals surface area contributed by atoms with E-state index in [9.17, 15) is 8.42 Å². The zero-order valence-electron chi connectivity index (χ0n) is 12.4. The molecular formula is C16H20N2O2S. The predicted octanol–water partition coefficient (Wildman–Crippen LogP) is 3.50. The van der Waals surface area contributed by atoms with Crippen molar-refractivity contribution < 1.29 is 8.42 Å². The number of hydrogen-bond acceptors (Lipinski definition) is 3. The quantitative estimate of drug-likeness (QED) is 0.849. The van der Waals surface area contributed by atoms with Gasteiger partial charge in [-0.05, 0) is 42.2 Å². The number of nitrogen functional groups attached to an aromatic ring is 1. The Morgan fingerprint density at radius 2 is 1.71 bits per heavy atom. The highest BCUT2D eigenvalue weighted by atomic mass is 32.2. The van der Waals surface area contributed by atoms with E-state index in [4.69, 9.17) is 5.73 Å². The molecule has 0 radical (unpaired) electrons. The van der Waals surface area contributed by atoms with Crippen LogP contribution in [0.4, 0.5) is 11.4 Å². The molecule has 0 aliphatic rings. The topological polar surface area (TPSA) is 72.2 Å². The van der Waals surface area contributed by atoms with Gasteiger partial charge in [0.25, 0.3) is 10.0 Å². The summed E-state index contributed by atoms with van der Waals surface area (Å²) in [7, 11) is -3.65. The molecule has 0 aliphatic carbocycles. The highest BCUT2D eigenvalue weighted by Gasteiger charge is 2.19. The number of hydrogen-bond donors (Lipinski definition) is 2. The third kappa shape index (κ3) is 3.19. The van der Waals surface area contributed by atoms with Gasteiger partial charge in [-0.25, -0.2) is 8.42 Å². The highest BCUT2D eigenvalue weighted by molar-refractivity contribution is 7.92. The summed E-state index contributed by atoms with van der Waals surface area (Å²) >= 11 is 0. The Labute approximate surface area is 126 Å². The van der Waals surface area contributed by atoms with Gasteiger partial charge in [-0.1, -0.05) is 38.1 Å². The van der Waals surface area contributed by atoms with E-state index in [-0.39, 0.29) is 10.8 Å². The van der Waals surface area contributed by atoms with Crippen LogP contribution in [0.5, 0.6) is 0 Å². The molecule has 0 aliphatic heterocycles. The lowest BCUT2D eigenvalue weighted by atomic mass is 10.0. The van der Waals surface area contributed by atoms with Crippen LogP contribution in [-0.4, -0.2) is 8.42 Å². The van der Waals surface area contributed by atoms with Crippen molar-refractivity contribution in [3.63, 3.8) is 0 Å². The molecule has 0 amide bonds. The van der Waals surface area contributed by atoms with Gasteiger partial charge in [0.15, 0.2) is 0 Å². The Kier molecular flexibility index (Phi) is 4.23. The van der Waals surface area contributed by atoms with Gasteiger partial charge in [0.1, 0.15) is 0 Å². The molecule has 2 aromatic rings. The molecule has 0 fully saturated rings. The first-order valence-electron chi connectivity index (χ1n) is 6.79. The standard InChI is InChI=1S/C16H20N2O2S/c1-11(2)13-7-4-5-9-15(13)18-21(19,20)16-10-6-8-14(17)12(16)3/h4-11,18H,17H2,1-3H3. The van der Waals surface area contributed by atoms with Crippen LogP contribution in [0, 0.1) is 6.92 Å². The largest absolute Gasteiger partial charge is 0.398 e. The number of nitrogens with two attached hydrogens (primary N) is 1. The fourth-order valence-corrected chi connectivity index (χ4v) is 3.58. The van der Waals surface area contributed by atoms with Crippen molar-refractivity contribution in [2.75, 3.05) is 10.5 Å². The summed E-state index contributed by atoms with van der Waals surface area (Å²) in [5.41, 5.74) is 8.39. The molecule has 0 bridgehead atoms. The maximum absolute atomic E-state index is 12.6. The molecule has 0 spiro atoms. The highest BCUT2D eigenvalue weighted by Crippen LogP contribution is 2.28. The molecule has 0 unspecified atom stereocenters. The summed E-state index contributed by atoms with van der Waals surface area (Å²) in [6, 6.07) is 12.3. The maximum atomic E-state index is 12.6. The van der Waals surface area contributed by atoms with E-state index < -0.39 is 10.0 Å². The van der Waals surface area contributed by atoms with E-state index in [0.717, 1.165) is 5.56 Å². The van der Waals surface area contributed by atoms with E-state index in [2.05, 4.69) is 4.72 Å². The van der Waals surface area contributed by atoms with Crippen molar-refractivity contribution >= 4 is 21.4 Å². The van der Waals surface area contributed by atoms with E-state index in [1.165, 1.54) is 0 Å². The molecule has 3 N–H and O–H groups in total. The van der Waals surface area contributed by atoms with E-state index in [1.807, 2.05) is 32.0 Å². The Morgan fingerprint density at radius 3 is 2.38 bits per heavy atom. The average Bonchev–Trinajstić information content (AvgIpc) is 2.41. The van der Waals surface area contributed by atoms with Crippen molar-refractivity contribution in [1.82, 2.24) is 0 Å². The second kappa shape index (κ2) is 5.77. The Hall–Kier alpha value is -2.01. The van der Waals surface area contributed by atoms with Gasteiger partial charge in [0, 0.05) is 5.69 Å². The molecule has 2 rings (SSSR count). The summed E-state index contributed by atoms with van der Waals surface area (Å²) in [5.74, 6) is 0.228. The van der Waals surface area contributed by atoms with Crippen LogP contribution in [-0.2, 0) is 10.0 Å². The van der Waals surface area contributed by atoms with Crippen LogP contribution in [0.3, 0.4) is 0 Å². The van der Waals surface area contributed by atoms with Crippen molar-refractivity contribution in [2.45, 2.75) is 31.6 Å². The molecule has 21 heavy (non-hydrogen) atoms. The summed E-state index contributed by atoms with van der Waals surface area (Å²) in [6.45, 7) is 5.76. The van der Waals surface area contributed by atoms with Gasteiger partial charge in [0.05, 0.1) is 10.6 Å². The minimum absolute atomic E-state index is 0.209. The smallest absolute Gasteiger partial charge is 0.262 e. The van der Waals surface area contributed by atoms with E-state index in [0.29, 0.717) is 16.9 Å². The molecule has 112 valence electrons. The second-order valence-electron chi connectivity index (χ2n) is 5.32. The molecular weight excluding hydrogens is 284 g/mol. The van der Waals surface area contributed by atoms with Gasteiger partial charge in [-0.2, -0.15) is 0 Å². The first-order valence-corrected chi connectivity index (χ1v) is 8.28. The fourth-order valence-electron chi connectivity index (χ4n) is 2.22. The third-order valence-electron chi connectivity index (χ3n) is 3.44. The Bertz CT molecular complexity index is 753. The van der Waals surface area contributed by atoms with Gasteiger partial charge in [-0.3, -0.25) is 4.72 Å². The first kappa shape index (κ1) is 15.4. The SMILES string of the molecule is Cc1c(N)cccc1S(=O)(=O)Nc1ccccc1C(C)C. The third-order valence-corrected chi connectivity index (χ3v) is 4.95. The normalized spacial score (nSPS) is 11.6. The second-order valence-corrected chi connectivity index (χ2v) is 6.97. The molecule has 4 nitrogen and oxygen atoms in total. The lowest BCUT2D eigenvalue weighted by molar-refractivity contribution is 0.600. The van der Waals surface area contributed by atoms with Crippen molar-refractivity contribution in [3.8, 4) is 0 Å². The number of anilines is 2. The number of para-hydroxylation sites is 1. The van der Waals surface area contributed by atoms with Crippen LogP contribution in [0.25, 0.3) is 0 Å². The molecule has 0 aromatic heterocycles. The van der Waals surface area contributed by atoms with Crippen molar-refractivity contribution in [2.24, 2.45) is 0 Å². The zero-order chi connectivity index (χ0) is 15.6. The summed E-state index contributed by atoms with van der Waals surface area (Å²) < 4.78 is 27.8. The van der Waals surface area contributed by atoms with Gasteiger partial charge < -0.3 is 5.73 Å². The number of rotatable bonds is 4. The lowest BCUT2D eigenvalue weighted by Crippen LogP contribution is -2.16. The lowest BCUT2D eigenvalue weighted by Gasteiger charge is -2.16. The van der Waals surface area contributed by atoms with Crippen LogP contribution >= 0.6 is 0 Å². The molecule has 0 saturated carbocycles.